The van der Waals surface area contributed by atoms with Gasteiger partial charge in [-0.1, -0.05) is 0 Å². The SMILES string of the molecule is Cc1ccc(O)c(CN[C@H](C)c2ccco2)n1. The molecule has 0 aliphatic heterocycles. The Labute approximate surface area is 100 Å². The van der Waals surface area contributed by atoms with Crippen LogP contribution in [0, 0.1) is 6.92 Å². The molecule has 0 aliphatic rings. The Morgan fingerprint density at radius 1 is 1.41 bits per heavy atom. The van der Waals surface area contributed by atoms with E-state index in [1.54, 1.807) is 18.4 Å². The van der Waals surface area contributed by atoms with Crippen LogP contribution in [0.1, 0.15) is 30.1 Å². The van der Waals surface area contributed by atoms with E-state index >= 15 is 0 Å². The molecule has 0 saturated heterocycles. The highest BCUT2D eigenvalue weighted by Crippen LogP contribution is 2.17. The molecule has 17 heavy (non-hydrogen) atoms. The summed E-state index contributed by atoms with van der Waals surface area (Å²) >= 11 is 0. The van der Waals surface area contributed by atoms with E-state index in [1.807, 2.05) is 26.0 Å². The first kappa shape index (κ1) is 11.7. The topological polar surface area (TPSA) is 58.3 Å². The minimum Gasteiger partial charge on any atom is -0.506 e. The number of aryl methyl sites for hydroxylation is 1. The predicted octanol–water partition coefficient (Wildman–Crippen LogP) is 2.54. The molecule has 0 bridgehead atoms. The van der Waals surface area contributed by atoms with Gasteiger partial charge in [0.25, 0.3) is 0 Å². The van der Waals surface area contributed by atoms with Crippen LogP contribution in [-0.4, -0.2) is 10.1 Å². The van der Waals surface area contributed by atoms with E-state index in [1.165, 1.54) is 0 Å². The first-order valence-corrected chi connectivity index (χ1v) is 5.59. The predicted molar refractivity (Wildman–Crippen MR) is 64.6 cm³/mol. The van der Waals surface area contributed by atoms with Crippen molar-refractivity contribution in [3.8, 4) is 5.75 Å². The molecule has 0 spiro atoms. The van der Waals surface area contributed by atoms with Crippen LogP contribution in [-0.2, 0) is 6.54 Å². The van der Waals surface area contributed by atoms with Gasteiger partial charge < -0.3 is 14.8 Å². The Morgan fingerprint density at radius 2 is 2.24 bits per heavy atom. The van der Waals surface area contributed by atoms with Gasteiger partial charge in [0, 0.05) is 12.2 Å². The van der Waals surface area contributed by atoms with E-state index in [0.717, 1.165) is 11.5 Å². The van der Waals surface area contributed by atoms with Gasteiger partial charge in [-0.25, -0.2) is 0 Å². The molecule has 2 rings (SSSR count). The molecular weight excluding hydrogens is 216 g/mol. The maximum absolute atomic E-state index is 9.65. The maximum atomic E-state index is 9.65. The summed E-state index contributed by atoms with van der Waals surface area (Å²) in [4.78, 5) is 4.28. The summed E-state index contributed by atoms with van der Waals surface area (Å²) in [5.41, 5.74) is 1.55. The molecule has 0 fully saturated rings. The van der Waals surface area contributed by atoms with Gasteiger partial charge in [0.2, 0.25) is 0 Å². The van der Waals surface area contributed by atoms with Crippen LogP contribution in [0.4, 0.5) is 0 Å². The second-order valence-corrected chi connectivity index (χ2v) is 4.04. The Balaban J connectivity index is 2.00. The van der Waals surface area contributed by atoms with Crippen LogP contribution in [0.15, 0.2) is 34.9 Å². The summed E-state index contributed by atoms with van der Waals surface area (Å²) in [7, 11) is 0. The Morgan fingerprint density at radius 3 is 2.94 bits per heavy atom. The van der Waals surface area contributed by atoms with Gasteiger partial charge in [-0.15, -0.1) is 0 Å². The zero-order valence-electron chi connectivity index (χ0n) is 9.97. The van der Waals surface area contributed by atoms with Gasteiger partial charge in [0.1, 0.15) is 11.5 Å². The van der Waals surface area contributed by atoms with Crippen LogP contribution in [0.25, 0.3) is 0 Å². The zero-order chi connectivity index (χ0) is 12.3. The van der Waals surface area contributed by atoms with Crippen molar-refractivity contribution in [2.75, 3.05) is 0 Å². The number of aromatic nitrogens is 1. The summed E-state index contributed by atoms with van der Waals surface area (Å²) in [6, 6.07) is 7.31. The molecule has 0 saturated carbocycles. The van der Waals surface area contributed by atoms with E-state index in [2.05, 4.69) is 10.3 Å². The maximum Gasteiger partial charge on any atom is 0.138 e. The van der Waals surface area contributed by atoms with E-state index in [9.17, 15) is 5.11 Å². The smallest absolute Gasteiger partial charge is 0.138 e. The van der Waals surface area contributed by atoms with Crippen molar-refractivity contribution < 1.29 is 9.52 Å². The Bertz CT molecular complexity index is 480. The number of rotatable bonds is 4. The number of pyridine rings is 1. The highest BCUT2D eigenvalue weighted by Gasteiger charge is 2.09. The molecule has 2 N–H and O–H groups in total. The Hall–Kier alpha value is -1.81. The molecular formula is C13H16N2O2. The van der Waals surface area contributed by atoms with Crippen LogP contribution < -0.4 is 5.32 Å². The van der Waals surface area contributed by atoms with E-state index in [-0.39, 0.29) is 11.8 Å². The number of nitrogens with one attached hydrogen (secondary N) is 1. The van der Waals surface area contributed by atoms with Gasteiger partial charge in [0.05, 0.1) is 18.0 Å². The summed E-state index contributed by atoms with van der Waals surface area (Å²) in [5.74, 6) is 1.09. The van der Waals surface area contributed by atoms with Crippen molar-refractivity contribution in [2.45, 2.75) is 26.4 Å². The number of aromatic hydroxyl groups is 1. The monoisotopic (exact) mass is 232 g/mol. The minimum atomic E-state index is 0.0895. The molecule has 4 heteroatoms. The first-order chi connectivity index (χ1) is 8.16. The van der Waals surface area contributed by atoms with Crippen molar-refractivity contribution in [1.29, 1.82) is 0 Å². The number of hydrogen-bond acceptors (Lipinski definition) is 4. The van der Waals surface area contributed by atoms with Gasteiger partial charge in [-0.3, -0.25) is 4.98 Å². The lowest BCUT2D eigenvalue weighted by Crippen LogP contribution is -2.18. The van der Waals surface area contributed by atoms with Gasteiger partial charge in [0.15, 0.2) is 0 Å². The fourth-order valence-corrected chi connectivity index (χ4v) is 1.62. The van der Waals surface area contributed by atoms with Crippen LogP contribution in [0.2, 0.25) is 0 Å². The lowest BCUT2D eigenvalue weighted by molar-refractivity contribution is 0.418. The third kappa shape index (κ3) is 2.85. The molecule has 0 aromatic carbocycles. The summed E-state index contributed by atoms with van der Waals surface area (Å²) < 4.78 is 5.29. The zero-order valence-corrected chi connectivity index (χ0v) is 9.97. The highest BCUT2D eigenvalue weighted by atomic mass is 16.3. The first-order valence-electron chi connectivity index (χ1n) is 5.59. The quantitative estimate of drug-likeness (QED) is 0.850. The summed E-state index contributed by atoms with van der Waals surface area (Å²) in [5, 5.41) is 12.9. The van der Waals surface area contributed by atoms with Crippen LogP contribution >= 0.6 is 0 Å². The molecule has 0 aliphatic carbocycles. The van der Waals surface area contributed by atoms with Crippen LogP contribution in [0.3, 0.4) is 0 Å². The Kier molecular flexibility index (Phi) is 3.44. The molecule has 4 nitrogen and oxygen atoms in total. The van der Waals surface area contributed by atoms with Crippen molar-refractivity contribution >= 4 is 0 Å². The second-order valence-electron chi connectivity index (χ2n) is 4.04. The van der Waals surface area contributed by atoms with Gasteiger partial charge >= 0.3 is 0 Å². The second kappa shape index (κ2) is 5.01. The largest absolute Gasteiger partial charge is 0.506 e. The number of furan rings is 1. The lowest BCUT2D eigenvalue weighted by atomic mass is 10.2. The molecule has 2 aromatic rings. The summed E-state index contributed by atoms with van der Waals surface area (Å²) in [6.07, 6.45) is 1.65. The van der Waals surface area contributed by atoms with Crippen LogP contribution in [0.5, 0.6) is 5.75 Å². The molecule has 0 unspecified atom stereocenters. The molecule has 2 heterocycles. The van der Waals surface area contributed by atoms with Crippen molar-refractivity contribution in [2.24, 2.45) is 0 Å². The normalized spacial score (nSPS) is 12.6. The van der Waals surface area contributed by atoms with E-state index in [0.29, 0.717) is 12.2 Å². The third-order valence-electron chi connectivity index (χ3n) is 2.64. The third-order valence-corrected chi connectivity index (χ3v) is 2.64. The van der Waals surface area contributed by atoms with Crippen molar-refractivity contribution in [3.63, 3.8) is 0 Å². The molecule has 2 aromatic heterocycles. The van der Waals surface area contributed by atoms with E-state index < -0.39 is 0 Å². The fourth-order valence-electron chi connectivity index (χ4n) is 1.62. The average molecular weight is 232 g/mol. The van der Waals surface area contributed by atoms with Gasteiger partial charge in [-0.05, 0) is 38.1 Å². The average Bonchev–Trinajstić information content (AvgIpc) is 2.83. The number of nitrogens with zero attached hydrogens (tertiary/aromatic N) is 1. The van der Waals surface area contributed by atoms with E-state index in [4.69, 9.17) is 4.42 Å². The standard InChI is InChI=1S/C13H16N2O2/c1-9-5-6-12(16)11(15-9)8-14-10(2)13-4-3-7-17-13/h3-7,10,14,16H,8H2,1-2H3/t10-/m1/s1. The van der Waals surface area contributed by atoms with Crippen molar-refractivity contribution in [1.82, 2.24) is 10.3 Å². The van der Waals surface area contributed by atoms with Gasteiger partial charge in [-0.2, -0.15) is 0 Å². The summed E-state index contributed by atoms with van der Waals surface area (Å²) in [6.45, 7) is 4.42. The number of hydrogen-bond donors (Lipinski definition) is 2. The lowest BCUT2D eigenvalue weighted by Gasteiger charge is -2.11. The highest BCUT2D eigenvalue weighted by molar-refractivity contribution is 5.27. The molecule has 0 amide bonds. The minimum absolute atomic E-state index is 0.0895. The van der Waals surface area contributed by atoms with Crippen molar-refractivity contribution in [3.05, 3.63) is 47.7 Å². The molecule has 0 radical (unpaired) electrons. The fraction of sp³-hybridized carbons (Fsp3) is 0.308. The molecule has 90 valence electrons. The molecule has 1 atom stereocenters.